The summed E-state index contributed by atoms with van der Waals surface area (Å²) >= 11 is 0. The Morgan fingerprint density at radius 2 is 1.74 bits per heavy atom. The molecule has 0 saturated heterocycles. The van der Waals surface area contributed by atoms with E-state index in [0.29, 0.717) is 0 Å². The lowest BCUT2D eigenvalue weighted by atomic mass is 9.96. The zero-order valence-corrected chi connectivity index (χ0v) is 11.7. The topological polar surface area (TPSA) is 12.0 Å². The SMILES string of the molecule is CNC(Cc1cc(C)cc(C)c1)c1cccc(F)c1. The number of halogens is 1. The Labute approximate surface area is 114 Å². The summed E-state index contributed by atoms with van der Waals surface area (Å²) in [7, 11) is 1.91. The van der Waals surface area contributed by atoms with Crippen LogP contribution in [0.1, 0.15) is 28.3 Å². The van der Waals surface area contributed by atoms with E-state index in [-0.39, 0.29) is 11.9 Å². The number of benzene rings is 2. The number of rotatable bonds is 4. The zero-order valence-electron chi connectivity index (χ0n) is 11.7. The fourth-order valence-corrected chi connectivity index (χ4v) is 2.53. The summed E-state index contributed by atoms with van der Waals surface area (Å²) in [6, 6.07) is 13.5. The Morgan fingerprint density at radius 1 is 1.05 bits per heavy atom. The summed E-state index contributed by atoms with van der Waals surface area (Å²) in [6.07, 6.45) is 0.864. The smallest absolute Gasteiger partial charge is 0.123 e. The minimum atomic E-state index is -0.182. The highest BCUT2D eigenvalue weighted by Gasteiger charge is 2.11. The molecule has 0 spiro atoms. The third-order valence-corrected chi connectivity index (χ3v) is 3.32. The molecular formula is C17H20FN. The number of hydrogen-bond acceptors (Lipinski definition) is 1. The van der Waals surface area contributed by atoms with Crippen molar-refractivity contribution in [1.29, 1.82) is 0 Å². The molecule has 2 aromatic rings. The molecule has 0 amide bonds. The van der Waals surface area contributed by atoms with Gasteiger partial charge >= 0.3 is 0 Å². The van der Waals surface area contributed by atoms with Crippen LogP contribution in [0.2, 0.25) is 0 Å². The lowest BCUT2D eigenvalue weighted by Crippen LogP contribution is -2.19. The molecule has 0 heterocycles. The van der Waals surface area contributed by atoms with Gasteiger partial charge in [0.2, 0.25) is 0 Å². The van der Waals surface area contributed by atoms with Crippen molar-refractivity contribution in [2.24, 2.45) is 0 Å². The van der Waals surface area contributed by atoms with Crippen molar-refractivity contribution >= 4 is 0 Å². The summed E-state index contributed by atoms with van der Waals surface area (Å²) < 4.78 is 13.3. The molecule has 0 bridgehead atoms. The molecule has 100 valence electrons. The molecule has 2 aromatic carbocycles. The molecule has 1 nitrogen and oxygen atoms in total. The molecule has 0 aliphatic carbocycles. The largest absolute Gasteiger partial charge is 0.313 e. The molecule has 1 N–H and O–H groups in total. The number of likely N-dealkylation sites (N-methyl/N-ethyl adjacent to an activating group) is 1. The van der Waals surface area contributed by atoms with Crippen molar-refractivity contribution in [3.05, 3.63) is 70.5 Å². The van der Waals surface area contributed by atoms with E-state index in [9.17, 15) is 4.39 Å². The van der Waals surface area contributed by atoms with Gasteiger partial charge in [-0.3, -0.25) is 0 Å². The van der Waals surface area contributed by atoms with Crippen molar-refractivity contribution in [1.82, 2.24) is 5.32 Å². The van der Waals surface area contributed by atoms with Gasteiger partial charge < -0.3 is 5.32 Å². The summed E-state index contributed by atoms with van der Waals surface area (Å²) in [5, 5.41) is 3.27. The Bertz CT molecular complexity index is 543. The maximum Gasteiger partial charge on any atom is 0.123 e. The molecule has 0 aliphatic heterocycles. The molecule has 0 fully saturated rings. The van der Waals surface area contributed by atoms with Gasteiger partial charge in [0.05, 0.1) is 0 Å². The lowest BCUT2D eigenvalue weighted by Gasteiger charge is -2.17. The summed E-state index contributed by atoms with van der Waals surface area (Å²) in [6.45, 7) is 4.21. The Kier molecular flexibility index (Phi) is 4.33. The first-order valence-corrected chi connectivity index (χ1v) is 6.58. The van der Waals surface area contributed by atoms with Crippen LogP contribution in [0.4, 0.5) is 4.39 Å². The van der Waals surface area contributed by atoms with Crippen LogP contribution in [-0.4, -0.2) is 7.05 Å². The van der Waals surface area contributed by atoms with Crippen LogP contribution in [0, 0.1) is 19.7 Å². The fraction of sp³-hybridized carbons (Fsp3) is 0.294. The Balaban J connectivity index is 2.23. The predicted molar refractivity (Wildman–Crippen MR) is 77.8 cm³/mol. The van der Waals surface area contributed by atoms with Gasteiger partial charge in [-0.05, 0) is 50.6 Å². The van der Waals surface area contributed by atoms with E-state index in [1.54, 1.807) is 12.1 Å². The van der Waals surface area contributed by atoms with Gasteiger partial charge in [-0.15, -0.1) is 0 Å². The molecule has 0 radical (unpaired) electrons. The highest BCUT2D eigenvalue weighted by molar-refractivity contribution is 5.31. The molecule has 19 heavy (non-hydrogen) atoms. The molecule has 1 unspecified atom stereocenters. The monoisotopic (exact) mass is 257 g/mol. The summed E-state index contributed by atoms with van der Waals surface area (Å²) in [4.78, 5) is 0. The van der Waals surface area contributed by atoms with Gasteiger partial charge in [0, 0.05) is 6.04 Å². The van der Waals surface area contributed by atoms with Crippen molar-refractivity contribution in [3.63, 3.8) is 0 Å². The lowest BCUT2D eigenvalue weighted by molar-refractivity contribution is 0.577. The van der Waals surface area contributed by atoms with E-state index in [2.05, 4.69) is 37.4 Å². The van der Waals surface area contributed by atoms with Crippen LogP contribution in [0.5, 0.6) is 0 Å². The van der Waals surface area contributed by atoms with Gasteiger partial charge in [-0.2, -0.15) is 0 Å². The Morgan fingerprint density at radius 3 is 2.32 bits per heavy atom. The van der Waals surface area contributed by atoms with E-state index in [0.717, 1.165) is 12.0 Å². The van der Waals surface area contributed by atoms with Crippen molar-refractivity contribution in [2.75, 3.05) is 7.05 Å². The number of aryl methyl sites for hydroxylation is 2. The molecule has 2 heteroatoms. The molecule has 0 aliphatic rings. The quantitative estimate of drug-likeness (QED) is 0.874. The first-order valence-electron chi connectivity index (χ1n) is 6.58. The molecule has 2 rings (SSSR count). The van der Waals surface area contributed by atoms with Gasteiger partial charge in [-0.1, -0.05) is 41.5 Å². The van der Waals surface area contributed by atoms with Crippen molar-refractivity contribution in [2.45, 2.75) is 26.3 Å². The molecular weight excluding hydrogens is 237 g/mol. The van der Waals surface area contributed by atoms with Crippen LogP contribution in [0.15, 0.2) is 42.5 Å². The third-order valence-electron chi connectivity index (χ3n) is 3.32. The van der Waals surface area contributed by atoms with Gasteiger partial charge in [0.25, 0.3) is 0 Å². The van der Waals surface area contributed by atoms with E-state index in [1.165, 1.54) is 22.8 Å². The normalized spacial score (nSPS) is 12.4. The predicted octanol–water partition coefficient (Wildman–Crippen LogP) is 3.95. The van der Waals surface area contributed by atoms with Crippen LogP contribution >= 0.6 is 0 Å². The minimum absolute atomic E-state index is 0.136. The number of nitrogens with one attached hydrogen (secondary N) is 1. The first-order chi connectivity index (χ1) is 9.08. The minimum Gasteiger partial charge on any atom is -0.313 e. The summed E-state index contributed by atoms with van der Waals surface area (Å²) in [5.41, 5.74) is 4.80. The highest BCUT2D eigenvalue weighted by atomic mass is 19.1. The van der Waals surface area contributed by atoms with Crippen LogP contribution in [0.3, 0.4) is 0 Å². The van der Waals surface area contributed by atoms with Crippen LogP contribution in [-0.2, 0) is 6.42 Å². The van der Waals surface area contributed by atoms with Crippen LogP contribution in [0.25, 0.3) is 0 Å². The molecule has 1 atom stereocenters. The fourth-order valence-electron chi connectivity index (χ4n) is 2.53. The average molecular weight is 257 g/mol. The van der Waals surface area contributed by atoms with Gasteiger partial charge in [-0.25, -0.2) is 4.39 Å². The summed E-state index contributed by atoms with van der Waals surface area (Å²) in [5.74, 6) is -0.182. The molecule has 0 saturated carbocycles. The number of hydrogen-bond donors (Lipinski definition) is 1. The highest BCUT2D eigenvalue weighted by Crippen LogP contribution is 2.20. The van der Waals surface area contributed by atoms with Crippen LogP contribution < -0.4 is 5.32 Å². The van der Waals surface area contributed by atoms with E-state index in [1.807, 2.05) is 13.1 Å². The van der Waals surface area contributed by atoms with Crippen molar-refractivity contribution < 1.29 is 4.39 Å². The standard InChI is InChI=1S/C17H20FN/c1-12-7-13(2)9-14(8-12)10-17(19-3)15-5-4-6-16(18)11-15/h4-9,11,17,19H,10H2,1-3H3. The van der Waals surface area contributed by atoms with Crippen molar-refractivity contribution in [3.8, 4) is 0 Å². The van der Waals surface area contributed by atoms with Gasteiger partial charge in [0.15, 0.2) is 0 Å². The first kappa shape index (κ1) is 13.8. The third kappa shape index (κ3) is 3.65. The maximum atomic E-state index is 13.3. The Hall–Kier alpha value is -1.67. The molecule has 0 aromatic heterocycles. The second-order valence-corrected chi connectivity index (χ2v) is 5.10. The second-order valence-electron chi connectivity index (χ2n) is 5.10. The second kappa shape index (κ2) is 5.98. The maximum absolute atomic E-state index is 13.3. The van der Waals surface area contributed by atoms with E-state index < -0.39 is 0 Å². The van der Waals surface area contributed by atoms with E-state index >= 15 is 0 Å². The van der Waals surface area contributed by atoms with Gasteiger partial charge in [0.1, 0.15) is 5.82 Å². The zero-order chi connectivity index (χ0) is 13.8. The van der Waals surface area contributed by atoms with E-state index in [4.69, 9.17) is 0 Å². The average Bonchev–Trinajstić information content (AvgIpc) is 2.34.